The van der Waals surface area contributed by atoms with Crippen molar-refractivity contribution in [1.82, 2.24) is 0 Å². The van der Waals surface area contributed by atoms with Gasteiger partial charge in [0.05, 0.1) is 0 Å². The SMILES string of the molecule is C/C(=C/C(O)C(F)(F)F)c1ccccc1. The summed E-state index contributed by atoms with van der Waals surface area (Å²) in [5.74, 6) is 0. The van der Waals surface area contributed by atoms with E-state index in [0.29, 0.717) is 11.1 Å². The van der Waals surface area contributed by atoms with Crippen molar-refractivity contribution in [3.63, 3.8) is 0 Å². The Balaban J connectivity index is 2.86. The van der Waals surface area contributed by atoms with E-state index < -0.39 is 12.3 Å². The molecule has 0 aliphatic rings. The highest BCUT2D eigenvalue weighted by molar-refractivity contribution is 5.63. The number of rotatable bonds is 2. The highest BCUT2D eigenvalue weighted by Gasteiger charge is 2.36. The fraction of sp³-hybridized carbons (Fsp3) is 0.273. The lowest BCUT2D eigenvalue weighted by atomic mass is 10.1. The maximum absolute atomic E-state index is 12.0. The number of alkyl halides is 3. The molecule has 1 rings (SSSR count). The Morgan fingerprint density at radius 3 is 2.27 bits per heavy atom. The van der Waals surface area contributed by atoms with Crippen molar-refractivity contribution in [2.24, 2.45) is 0 Å². The first-order chi connectivity index (χ1) is 6.91. The number of hydrogen-bond acceptors (Lipinski definition) is 1. The summed E-state index contributed by atoms with van der Waals surface area (Å²) in [6.07, 6.45) is -6.21. The van der Waals surface area contributed by atoms with Gasteiger partial charge in [-0.1, -0.05) is 30.3 Å². The van der Waals surface area contributed by atoms with Crippen LogP contribution in [0, 0.1) is 0 Å². The van der Waals surface area contributed by atoms with Gasteiger partial charge >= 0.3 is 6.18 Å². The molecule has 0 aromatic heterocycles. The van der Waals surface area contributed by atoms with Crippen molar-refractivity contribution >= 4 is 5.57 Å². The van der Waals surface area contributed by atoms with Crippen LogP contribution in [-0.2, 0) is 0 Å². The van der Waals surface area contributed by atoms with E-state index in [2.05, 4.69) is 0 Å². The molecule has 0 fully saturated rings. The third-order valence-electron chi connectivity index (χ3n) is 1.97. The molecule has 0 heterocycles. The predicted octanol–water partition coefficient (Wildman–Crippen LogP) is 3.01. The molecule has 0 aliphatic carbocycles. The molecular formula is C11H11F3O. The van der Waals surface area contributed by atoms with E-state index in [9.17, 15) is 13.2 Å². The lowest BCUT2D eigenvalue weighted by molar-refractivity contribution is -0.187. The van der Waals surface area contributed by atoms with E-state index in [4.69, 9.17) is 5.11 Å². The van der Waals surface area contributed by atoms with E-state index in [1.807, 2.05) is 0 Å². The van der Waals surface area contributed by atoms with Gasteiger partial charge in [0.25, 0.3) is 0 Å². The maximum Gasteiger partial charge on any atom is 0.418 e. The van der Waals surface area contributed by atoms with Crippen molar-refractivity contribution in [2.75, 3.05) is 0 Å². The van der Waals surface area contributed by atoms with Gasteiger partial charge in [-0.05, 0) is 24.1 Å². The first-order valence-electron chi connectivity index (χ1n) is 4.40. The van der Waals surface area contributed by atoms with Crippen molar-refractivity contribution < 1.29 is 18.3 Å². The Morgan fingerprint density at radius 1 is 1.27 bits per heavy atom. The zero-order chi connectivity index (χ0) is 11.5. The Kier molecular flexibility index (Phi) is 3.52. The maximum atomic E-state index is 12.0. The van der Waals surface area contributed by atoms with Crippen LogP contribution in [0.4, 0.5) is 13.2 Å². The van der Waals surface area contributed by atoms with Crippen LogP contribution in [-0.4, -0.2) is 17.4 Å². The molecule has 1 nitrogen and oxygen atoms in total. The van der Waals surface area contributed by atoms with Gasteiger partial charge < -0.3 is 5.11 Å². The molecule has 0 spiro atoms. The van der Waals surface area contributed by atoms with Crippen molar-refractivity contribution in [2.45, 2.75) is 19.2 Å². The van der Waals surface area contributed by atoms with Gasteiger partial charge in [-0.25, -0.2) is 0 Å². The first kappa shape index (κ1) is 11.8. The molecule has 1 unspecified atom stereocenters. The van der Waals surface area contributed by atoms with Crippen LogP contribution in [0.15, 0.2) is 36.4 Å². The largest absolute Gasteiger partial charge is 0.418 e. The number of benzene rings is 1. The second kappa shape index (κ2) is 4.49. The zero-order valence-corrected chi connectivity index (χ0v) is 8.12. The smallest absolute Gasteiger partial charge is 0.380 e. The molecule has 0 saturated carbocycles. The van der Waals surface area contributed by atoms with Crippen molar-refractivity contribution in [3.8, 4) is 0 Å². The highest BCUT2D eigenvalue weighted by Crippen LogP contribution is 2.24. The normalized spacial score (nSPS) is 15.1. The van der Waals surface area contributed by atoms with Gasteiger partial charge in [0.1, 0.15) is 0 Å². The molecule has 0 amide bonds. The summed E-state index contributed by atoms with van der Waals surface area (Å²) in [6, 6.07) is 8.61. The minimum atomic E-state index is -4.60. The molecule has 4 heteroatoms. The number of hydrogen-bond donors (Lipinski definition) is 1. The van der Waals surface area contributed by atoms with Gasteiger partial charge in [-0.3, -0.25) is 0 Å². The van der Waals surface area contributed by atoms with Gasteiger partial charge in [-0.15, -0.1) is 0 Å². The number of halogens is 3. The highest BCUT2D eigenvalue weighted by atomic mass is 19.4. The molecule has 0 aliphatic heterocycles. The molecule has 82 valence electrons. The Hall–Kier alpha value is -1.29. The van der Waals surface area contributed by atoms with Crippen LogP contribution >= 0.6 is 0 Å². The molecule has 1 N–H and O–H groups in total. The summed E-state index contributed by atoms with van der Waals surface area (Å²) in [7, 11) is 0. The van der Waals surface area contributed by atoms with Crippen molar-refractivity contribution in [1.29, 1.82) is 0 Å². The quantitative estimate of drug-likeness (QED) is 0.805. The number of aliphatic hydroxyl groups is 1. The fourth-order valence-corrected chi connectivity index (χ4v) is 1.13. The van der Waals surface area contributed by atoms with Crippen LogP contribution in [0.2, 0.25) is 0 Å². The summed E-state index contributed by atoms with van der Waals surface area (Å²) in [4.78, 5) is 0. The van der Waals surface area contributed by atoms with Crippen LogP contribution in [0.5, 0.6) is 0 Å². The molecule has 1 aromatic rings. The third kappa shape index (κ3) is 3.40. The second-order valence-electron chi connectivity index (χ2n) is 3.20. The van der Waals surface area contributed by atoms with Gasteiger partial charge in [0, 0.05) is 0 Å². The van der Waals surface area contributed by atoms with Gasteiger partial charge in [0.15, 0.2) is 6.10 Å². The monoisotopic (exact) mass is 216 g/mol. The van der Waals surface area contributed by atoms with Gasteiger partial charge in [0.2, 0.25) is 0 Å². The fourth-order valence-electron chi connectivity index (χ4n) is 1.13. The summed E-state index contributed by atoms with van der Waals surface area (Å²) in [6.45, 7) is 1.53. The lowest BCUT2D eigenvalue weighted by Crippen LogP contribution is -2.26. The molecule has 15 heavy (non-hydrogen) atoms. The molecule has 0 bridgehead atoms. The Bertz CT molecular complexity index is 341. The summed E-state index contributed by atoms with van der Waals surface area (Å²) >= 11 is 0. The number of allylic oxidation sites excluding steroid dienone is 1. The Morgan fingerprint density at radius 2 is 1.80 bits per heavy atom. The zero-order valence-electron chi connectivity index (χ0n) is 8.12. The molecular weight excluding hydrogens is 205 g/mol. The standard InChI is InChI=1S/C11H11F3O/c1-8(7-10(15)11(12,13)14)9-5-3-2-4-6-9/h2-7,10,15H,1H3/b8-7-. The minimum Gasteiger partial charge on any atom is -0.380 e. The van der Waals surface area contributed by atoms with E-state index >= 15 is 0 Å². The molecule has 1 aromatic carbocycles. The third-order valence-corrected chi connectivity index (χ3v) is 1.97. The minimum absolute atomic E-state index is 0.403. The lowest BCUT2D eigenvalue weighted by Gasteiger charge is -2.11. The first-order valence-corrected chi connectivity index (χ1v) is 4.40. The summed E-state index contributed by atoms with van der Waals surface area (Å²) in [5, 5.41) is 8.82. The Labute approximate surface area is 85.9 Å². The van der Waals surface area contributed by atoms with E-state index in [-0.39, 0.29) is 0 Å². The average molecular weight is 216 g/mol. The molecule has 0 saturated heterocycles. The van der Waals surface area contributed by atoms with Gasteiger partial charge in [-0.2, -0.15) is 13.2 Å². The van der Waals surface area contributed by atoms with E-state index in [0.717, 1.165) is 6.08 Å². The van der Waals surface area contributed by atoms with Crippen LogP contribution < -0.4 is 0 Å². The summed E-state index contributed by atoms with van der Waals surface area (Å²) < 4.78 is 36.1. The summed E-state index contributed by atoms with van der Waals surface area (Å²) in [5.41, 5.74) is 1.07. The van der Waals surface area contributed by atoms with Crippen molar-refractivity contribution in [3.05, 3.63) is 42.0 Å². The molecule has 1 atom stereocenters. The van der Waals surface area contributed by atoms with E-state index in [1.54, 1.807) is 30.3 Å². The second-order valence-corrected chi connectivity index (χ2v) is 3.20. The predicted molar refractivity (Wildman–Crippen MR) is 52.2 cm³/mol. The van der Waals surface area contributed by atoms with Crippen LogP contribution in [0.3, 0.4) is 0 Å². The van der Waals surface area contributed by atoms with E-state index in [1.165, 1.54) is 6.92 Å². The van der Waals surface area contributed by atoms with Crippen LogP contribution in [0.25, 0.3) is 5.57 Å². The average Bonchev–Trinajstić information content (AvgIpc) is 2.17. The van der Waals surface area contributed by atoms with Crippen LogP contribution in [0.1, 0.15) is 12.5 Å². The topological polar surface area (TPSA) is 20.2 Å². The molecule has 0 radical (unpaired) electrons. The number of aliphatic hydroxyl groups excluding tert-OH is 1.